The summed E-state index contributed by atoms with van der Waals surface area (Å²) in [5.41, 5.74) is 6.91. The summed E-state index contributed by atoms with van der Waals surface area (Å²) in [5.74, 6) is -1.60. The van der Waals surface area contributed by atoms with Crippen molar-refractivity contribution < 1.29 is 38.1 Å². The van der Waals surface area contributed by atoms with Gasteiger partial charge < -0.3 is 40.2 Å². The standard InChI is InChI=1S/C34H50N4O8/c1-20-16-24-29(36-12-15-38-13-9-14-38)26(39)19-25(30(24)40)37-33(41)21(2)10-8-11-27(43-5)32(46-34(35)42)23(4)18-22(3)31(45-7)28(17-20)44-6/h8,10-11,18-20,22,27-28,31-32,36H,9,12-17H2,1-7H3,(H2,35,42)(H,37,41)/b11-8-,21-10+,23-18+/t20-,22+,27+,28+,31-,32+/m1/s1. The van der Waals surface area contributed by atoms with Crippen LogP contribution in [-0.4, -0.2) is 100 Å². The quantitative estimate of drug-likeness (QED) is 0.266. The molecule has 6 atom stereocenters. The first-order chi connectivity index (χ1) is 21.9. The smallest absolute Gasteiger partial charge is 0.405 e. The lowest BCUT2D eigenvalue weighted by Crippen LogP contribution is -2.43. The van der Waals surface area contributed by atoms with Crippen molar-refractivity contribution in [2.45, 2.75) is 71.4 Å². The van der Waals surface area contributed by atoms with Crippen LogP contribution in [0.1, 0.15) is 47.0 Å². The maximum atomic E-state index is 13.8. The van der Waals surface area contributed by atoms with Crippen LogP contribution in [0.4, 0.5) is 4.79 Å². The largest absolute Gasteiger partial charge is 0.439 e. The molecule has 0 aromatic heterocycles. The number of allylic oxidation sites excluding steroid dienone is 4. The Morgan fingerprint density at radius 2 is 1.80 bits per heavy atom. The number of rotatable bonds is 8. The highest BCUT2D eigenvalue weighted by Crippen LogP contribution is 2.29. The third-order valence-electron chi connectivity index (χ3n) is 8.71. The molecule has 0 unspecified atom stereocenters. The van der Waals surface area contributed by atoms with E-state index in [2.05, 4.69) is 15.5 Å². The fraction of sp³-hybridized carbons (Fsp3) is 0.588. The first kappa shape index (κ1) is 36.9. The lowest BCUT2D eigenvalue weighted by Gasteiger charge is -2.32. The fourth-order valence-corrected chi connectivity index (χ4v) is 6.07. The van der Waals surface area contributed by atoms with Gasteiger partial charge in [0.05, 0.1) is 23.6 Å². The van der Waals surface area contributed by atoms with Crippen LogP contribution in [0, 0.1) is 11.8 Å². The van der Waals surface area contributed by atoms with Gasteiger partial charge in [-0.1, -0.05) is 38.2 Å². The van der Waals surface area contributed by atoms with Gasteiger partial charge in [-0.2, -0.15) is 0 Å². The van der Waals surface area contributed by atoms with Crippen LogP contribution in [0.3, 0.4) is 0 Å². The number of nitrogens with zero attached hydrogens (tertiary/aromatic N) is 1. The molecular weight excluding hydrogens is 592 g/mol. The molecule has 1 fully saturated rings. The lowest BCUT2D eigenvalue weighted by atomic mass is 9.85. The molecule has 1 saturated heterocycles. The van der Waals surface area contributed by atoms with Gasteiger partial charge in [-0.25, -0.2) is 4.79 Å². The van der Waals surface area contributed by atoms with Gasteiger partial charge in [0.1, 0.15) is 6.10 Å². The van der Waals surface area contributed by atoms with Crippen LogP contribution in [0.15, 0.2) is 58.5 Å². The molecule has 254 valence electrons. The molecule has 12 nitrogen and oxygen atoms in total. The van der Waals surface area contributed by atoms with Crippen molar-refractivity contribution >= 4 is 23.6 Å². The van der Waals surface area contributed by atoms with E-state index < -0.39 is 36.1 Å². The van der Waals surface area contributed by atoms with Crippen molar-refractivity contribution in [3.05, 3.63) is 58.5 Å². The van der Waals surface area contributed by atoms with Crippen molar-refractivity contribution in [3.63, 3.8) is 0 Å². The Morgan fingerprint density at radius 3 is 2.39 bits per heavy atom. The highest BCUT2D eigenvalue weighted by Gasteiger charge is 2.34. The number of nitrogens with one attached hydrogen (secondary N) is 2. The topological polar surface area (TPSA) is 159 Å². The molecule has 0 radical (unpaired) electrons. The van der Waals surface area contributed by atoms with E-state index in [9.17, 15) is 19.2 Å². The Kier molecular flexibility index (Phi) is 13.9. The number of amides is 2. The second-order valence-corrected chi connectivity index (χ2v) is 12.3. The summed E-state index contributed by atoms with van der Waals surface area (Å²) in [4.78, 5) is 54.5. The predicted octanol–water partition coefficient (Wildman–Crippen LogP) is 2.71. The zero-order valence-corrected chi connectivity index (χ0v) is 28.1. The van der Waals surface area contributed by atoms with E-state index >= 15 is 0 Å². The number of fused-ring (bicyclic) bond motifs is 2. The van der Waals surface area contributed by atoms with Gasteiger partial charge in [-0.15, -0.1) is 0 Å². The van der Waals surface area contributed by atoms with Crippen molar-refractivity contribution in [3.8, 4) is 0 Å². The number of carbonyl (C=O) groups is 4. The van der Waals surface area contributed by atoms with Gasteiger partial charge in [0.15, 0.2) is 6.10 Å². The first-order valence-corrected chi connectivity index (χ1v) is 15.8. The van der Waals surface area contributed by atoms with Crippen molar-refractivity contribution in [1.82, 2.24) is 15.5 Å². The normalized spacial score (nSPS) is 31.9. The number of ketones is 2. The van der Waals surface area contributed by atoms with Gasteiger partial charge in [0.25, 0.3) is 5.91 Å². The fourth-order valence-electron chi connectivity index (χ4n) is 6.07. The maximum absolute atomic E-state index is 13.8. The van der Waals surface area contributed by atoms with Crippen LogP contribution in [0.5, 0.6) is 0 Å². The number of methoxy groups -OCH3 is 3. The molecule has 2 aliphatic heterocycles. The Morgan fingerprint density at radius 1 is 1.09 bits per heavy atom. The summed E-state index contributed by atoms with van der Waals surface area (Å²) in [7, 11) is 4.69. The Labute approximate surface area is 272 Å². The number of hydrogen-bond acceptors (Lipinski definition) is 10. The summed E-state index contributed by atoms with van der Waals surface area (Å²) in [5, 5.41) is 5.86. The summed E-state index contributed by atoms with van der Waals surface area (Å²) < 4.78 is 22.9. The number of primary amides is 1. The molecule has 2 heterocycles. The number of Topliss-reactive ketones (excluding diaryl/α,β-unsaturated/α-hetero) is 1. The van der Waals surface area contributed by atoms with Crippen molar-refractivity contribution in [1.29, 1.82) is 0 Å². The van der Waals surface area contributed by atoms with Gasteiger partial charge in [0, 0.05) is 57.6 Å². The van der Waals surface area contributed by atoms with Crippen LogP contribution in [-0.2, 0) is 33.3 Å². The average Bonchev–Trinajstić information content (AvgIpc) is 2.98. The minimum atomic E-state index is -0.959. The molecule has 4 N–H and O–H groups in total. The van der Waals surface area contributed by atoms with E-state index in [1.165, 1.54) is 13.2 Å². The molecule has 1 aliphatic carbocycles. The Hall–Kier alpha value is -3.58. The molecule has 0 spiro atoms. The Balaban J connectivity index is 2.04. The number of hydrogen-bond donors (Lipinski definition) is 3. The van der Waals surface area contributed by atoms with E-state index in [1.807, 2.05) is 26.8 Å². The number of likely N-dealkylation sites (tertiary alicyclic amines) is 1. The third-order valence-corrected chi connectivity index (χ3v) is 8.71. The molecule has 0 aromatic rings. The highest BCUT2D eigenvalue weighted by atomic mass is 16.6. The highest BCUT2D eigenvalue weighted by molar-refractivity contribution is 6.23. The molecule has 46 heavy (non-hydrogen) atoms. The number of nitrogens with two attached hydrogens (primary N) is 1. The van der Waals surface area contributed by atoms with E-state index in [0.717, 1.165) is 26.1 Å². The zero-order chi connectivity index (χ0) is 34.0. The van der Waals surface area contributed by atoms with Crippen LogP contribution >= 0.6 is 0 Å². The summed E-state index contributed by atoms with van der Waals surface area (Å²) in [6.07, 6.45) is 6.53. The lowest BCUT2D eigenvalue weighted by molar-refractivity contribution is -0.120. The second-order valence-electron chi connectivity index (χ2n) is 12.3. The summed E-state index contributed by atoms with van der Waals surface area (Å²) in [6, 6.07) is 0. The predicted molar refractivity (Wildman–Crippen MR) is 173 cm³/mol. The Bertz CT molecular complexity index is 1300. The zero-order valence-electron chi connectivity index (χ0n) is 28.1. The van der Waals surface area contributed by atoms with Crippen molar-refractivity contribution in [2.24, 2.45) is 17.6 Å². The average molecular weight is 643 g/mol. The number of ether oxygens (including phenoxy) is 4. The third kappa shape index (κ3) is 9.71. The van der Waals surface area contributed by atoms with Crippen LogP contribution in [0.2, 0.25) is 0 Å². The SMILES string of the molecule is CO[C@H]1[C@@H](OC)C[C@H](C)CC2=C(NCCN3CCC3)C(=O)C=C(NC(=O)/C(C)=C/C=C\[C@H](OC)[C@@H](OC(N)=O)/C(C)=C/[C@@H]1C)C2=O. The van der Waals surface area contributed by atoms with Crippen molar-refractivity contribution in [2.75, 3.05) is 47.5 Å². The van der Waals surface area contributed by atoms with Crippen LogP contribution < -0.4 is 16.4 Å². The second kappa shape index (κ2) is 17.4. The molecule has 2 amide bonds. The summed E-state index contributed by atoms with van der Waals surface area (Å²) >= 11 is 0. The van der Waals surface area contributed by atoms with Gasteiger partial charge >= 0.3 is 6.09 Å². The molecule has 3 aliphatic rings. The monoisotopic (exact) mass is 642 g/mol. The first-order valence-electron chi connectivity index (χ1n) is 15.8. The van der Waals surface area contributed by atoms with Gasteiger partial charge in [-0.05, 0) is 57.7 Å². The molecule has 0 saturated carbocycles. The molecule has 0 aromatic carbocycles. The van der Waals surface area contributed by atoms with E-state index in [1.54, 1.807) is 39.4 Å². The van der Waals surface area contributed by atoms with Crippen LogP contribution in [0.25, 0.3) is 0 Å². The van der Waals surface area contributed by atoms with E-state index in [-0.39, 0.29) is 47.1 Å². The molecule has 2 bridgehead atoms. The van der Waals surface area contributed by atoms with Gasteiger partial charge in [-0.3, -0.25) is 14.4 Å². The number of carbonyl (C=O) groups excluding carboxylic acids is 4. The minimum absolute atomic E-state index is 0.0728. The van der Waals surface area contributed by atoms with E-state index in [4.69, 9.17) is 24.7 Å². The summed E-state index contributed by atoms with van der Waals surface area (Å²) in [6.45, 7) is 10.7. The molecular formula is C34H50N4O8. The minimum Gasteiger partial charge on any atom is -0.439 e. The van der Waals surface area contributed by atoms with E-state index in [0.29, 0.717) is 24.1 Å². The molecule has 3 rings (SSSR count). The maximum Gasteiger partial charge on any atom is 0.405 e. The molecule has 12 heteroatoms. The van der Waals surface area contributed by atoms with Gasteiger partial charge in [0.2, 0.25) is 11.6 Å².